The SMILES string of the molecule is CNC(CC(C)C(C)(C)C)c1cc2ccccc2o1. The van der Waals surface area contributed by atoms with Crippen LogP contribution in [0.25, 0.3) is 11.0 Å². The topological polar surface area (TPSA) is 25.2 Å². The fourth-order valence-corrected chi connectivity index (χ4v) is 2.26. The van der Waals surface area contributed by atoms with Crippen molar-refractivity contribution in [1.29, 1.82) is 0 Å². The summed E-state index contributed by atoms with van der Waals surface area (Å²) in [6, 6.07) is 10.6. The lowest BCUT2D eigenvalue weighted by Crippen LogP contribution is -2.25. The molecule has 0 amide bonds. The van der Waals surface area contributed by atoms with Crippen LogP contribution >= 0.6 is 0 Å². The molecule has 2 nitrogen and oxygen atoms in total. The van der Waals surface area contributed by atoms with Crippen LogP contribution in [0.2, 0.25) is 0 Å². The minimum atomic E-state index is 0.279. The molecule has 0 radical (unpaired) electrons. The van der Waals surface area contributed by atoms with Gasteiger partial charge in [0.05, 0.1) is 6.04 Å². The van der Waals surface area contributed by atoms with Crippen molar-refractivity contribution in [3.8, 4) is 0 Å². The smallest absolute Gasteiger partial charge is 0.134 e. The van der Waals surface area contributed by atoms with Gasteiger partial charge in [0.15, 0.2) is 0 Å². The first-order chi connectivity index (χ1) is 8.91. The van der Waals surface area contributed by atoms with Gasteiger partial charge in [0.1, 0.15) is 11.3 Å². The standard InChI is InChI=1S/C17H25NO/c1-12(17(2,3)4)10-14(18-5)16-11-13-8-6-7-9-15(13)19-16/h6-9,11-12,14,18H,10H2,1-5H3. The second kappa shape index (κ2) is 5.38. The Bertz CT molecular complexity index is 502. The van der Waals surface area contributed by atoms with E-state index in [0.717, 1.165) is 17.8 Å². The van der Waals surface area contributed by atoms with E-state index >= 15 is 0 Å². The van der Waals surface area contributed by atoms with Crippen LogP contribution in [0.1, 0.15) is 45.9 Å². The highest BCUT2D eigenvalue weighted by Crippen LogP contribution is 2.34. The largest absolute Gasteiger partial charge is 0.459 e. The quantitative estimate of drug-likeness (QED) is 0.856. The predicted octanol–water partition coefficient (Wildman–Crippen LogP) is 4.77. The molecule has 1 aromatic carbocycles. The summed E-state index contributed by atoms with van der Waals surface area (Å²) in [6.07, 6.45) is 1.08. The maximum absolute atomic E-state index is 5.97. The number of hydrogen-bond acceptors (Lipinski definition) is 2. The fraction of sp³-hybridized carbons (Fsp3) is 0.529. The van der Waals surface area contributed by atoms with Gasteiger partial charge in [-0.05, 0) is 36.9 Å². The zero-order chi connectivity index (χ0) is 14.0. The van der Waals surface area contributed by atoms with Crippen LogP contribution in [-0.2, 0) is 0 Å². The highest BCUT2D eigenvalue weighted by molar-refractivity contribution is 5.77. The molecule has 0 aliphatic carbocycles. The maximum Gasteiger partial charge on any atom is 0.134 e. The van der Waals surface area contributed by atoms with Crippen LogP contribution in [-0.4, -0.2) is 7.05 Å². The summed E-state index contributed by atoms with van der Waals surface area (Å²) in [5.74, 6) is 1.66. The number of benzene rings is 1. The van der Waals surface area contributed by atoms with Crippen LogP contribution in [0.3, 0.4) is 0 Å². The van der Waals surface area contributed by atoms with Gasteiger partial charge in [-0.15, -0.1) is 0 Å². The first-order valence-electron chi connectivity index (χ1n) is 7.07. The molecule has 1 N–H and O–H groups in total. The van der Waals surface area contributed by atoms with Crippen molar-refractivity contribution in [2.24, 2.45) is 11.3 Å². The second-order valence-electron chi connectivity index (χ2n) is 6.53. The summed E-state index contributed by atoms with van der Waals surface area (Å²) < 4.78 is 5.97. The van der Waals surface area contributed by atoms with E-state index in [0.29, 0.717) is 11.3 Å². The highest BCUT2D eigenvalue weighted by atomic mass is 16.3. The Hall–Kier alpha value is -1.28. The van der Waals surface area contributed by atoms with E-state index in [1.807, 2.05) is 25.2 Å². The normalized spacial score (nSPS) is 15.6. The minimum absolute atomic E-state index is 0.279. The van der Waals surface area contributed by atoms with E-state index in [1.165, 1.54) is 5.39 Å². The molecule has 1 heterocycles. The van der Waals surface area contributed by atoms with E-state index in [1.54, 1.807) is 0 Å². The number of para-hydroxylation sites is 1. The Labute approximate surface area is 116 Å². The summed E-state index contributed by atoms with van der Waals surface area (Å²) in [5.41, 5.74) is 1.29. The zero-order valence-electron chi connectivity index (χ0n) is 12.7. The summed E-state index contributed by atoms with van der Waals surface area (Å²) in [4.78, 5) is 0. The van der Waals surface area contributed by atoms with E-state index < -0.39 is 0 Å². The fourth-order valence-electron chi connectivity index (χ4n) is 2.26. The van der Waals surface area contributed by atoms with Crippen molar-refractivity contribution >= 4 is 11.0 Å². The summed E-state index contributed by atoms with van der Waals surface area (Å²) in [5, 5.41) is 4.57. The highest BCUT2D eigenvalue weighted by Gasteiger charge is 2.25. The zero-order valence-corrected chi connectivity index (χ0v) is 12.7. The van der Waals surface area contributed by atoms with E-state index in [2.05, 4.69) is 45.1 Å². The molecule has 0 saturated carbocycles. The monoisotopic (exact) mass is 259 g/mol. The molecule has 19 heavy (non-hydrogen) atoms. The van der Waals surface area contributed by atoms with Gasteiger partial charge in [0.2, 0.25) is 0 Å². The summed E-state index contributed by atoms with van der Waals surface area (Å²) in [7, 11) is 2.01. The molecule has 2 aromatic rings. The van der Waals surface area contributed by atoms with E-state index in [4.69, 9.17) is 4.42 Å². The molecular formula is C17H25NO. The third-order valence-electron chi connectivity index (χ3n) is 4.20. The number of rotatable bonds is 4. The molecule has 0 fully saturated rings. The first kappa shape index (κ1) is 14.1. The van der Waals surface area contributed by atoms with Crippen molar-refractivity contribution in [1.82, 2.24) is 5.32 Å². The third-order valence-corrected chi connectivity index (χ3v) is 4.20. The van der Waals surface area contributed by atoms with Crippen LogP contribution in [0.5, 0.6) is 0 Å². The first-order valence-corrected chi connectivity index (χ1v) is 7.07. The lowest BCUT2D eigenvalue weighted by molar-refractivity contribution is 0.218. The molecule has 2 atom stereocenters. The maximum atomic E-state index is 5.97. The number of nitrogens with one attached hydrogen (secondary N) is 1. The van der Waals surface area contributed by atoms with Gasteiger partial charge in [0, 0.05) is 5.39 Å². The summed E-state index contributed by atoms with van der Waals surface area (Å²) in [6.45, 7) is 9.20. The molecule has 0 spiro atoms. The van der Waals surface area contributed by atoms with E-state index in [9.17, 15) is 0 Å². The second-order valence-corrected chi connectivity index (χ2v) is 6.53. The Morgan fingerprint density at radius 1 is 1.21 bits per heavy atom. The van der Waals surface area contributed by atoms with Crippen LogP contribution < -0.4 is 5.32 Å². The number of furan rings is 1. The van der Waals surface area contributed by atoms with Crippen LogP contribution in [0.4, 0.5) is 0 Å². The van der Waals surface area contributed by atoms with Crippen LogP contribution in [0.15, 0.2) is 34.7 Å². The van der Waals surface area contributed by atoms with Gasteiger partial charge in [0.25, 0.3) is 0 Å². The average molecular weight is 259 g/mol. The predicted molar refractivity (Wildman–Crippen MR) is 81.3 cm³/mol. The van der Waals surface area contributed by atoms with Crippen molar-refractivity contribution in [3.05, 3.63) is 36.1 Å². The molecule has 0 bridgehead atoms. The molecule has 0 aliphatic heterocycles. The molecule has 1 aromatic heterocycles. The molecule has 2 heteroatoms. The van der Waals surface area contributed by atoms with Crippen molar-refractivity contribution in [3.63, 3.8) is 0 Å². The van der Waals surface area contributed by atoms with Gasteiger partial charge in [-0.25, -0.2) is 0 Å². The molecule has 0 saturated heterocycles. The molecule has 0 aliphatic rings. The summed E-state index contributed by atoms with van der Waals surface area (Å²) >= 11 is 0. The van der Waals surface area contributed by atoms with Gasteiger partial charge in [-0.3, -0.25) is 0 Å². The Balaban J connectivity index is 2.22. The van der Waals surface area contributed by atoms with E-state index in [-0.39, 0.29) is 6.04 Å². The van der Waals surface area contributed by atoms with Gasteiger partial charge >= 0.3 is 0 Å². The lowest BCUT2D eigenvalue weighted by Gasteiger charge is -2.30. The van der Waals surface area contributed by atoms with Crippen molar-refractivity contribution < 1.29 is 4.42 Å². The Kier molecular flexibility index (Phi) is 4.00. The van der Waals surface area contributed by atoms with Crippen LogP contribution in [0, 0.1) is 11.3 Å². The number of fused-ring (bicyclic) bond motifs is 1. The Morgan fingerprint density at radius 3 is 2.47 bits per heavy atom. The molecular weight excluding hydrogens is 234 g/mol. The lowest BCUT2D eigenvalue weighted by atomic mass is 9.78. The molecule has 104 valence electrons. The number of hydrogen-bond donors (Lipinski definition) is 1. The molecule has 2 unspecified atom stereocenters. The molecule has 2 rings (SSSR count). The van der Waals surface area contributed by atoms with Crippen molar-refractivity contribution in [2.75, 3.05) is 7.05 Å². The van der Waals surface area contributed by atoms with Gasteiger partial charge < -0.3 is 9.73 Å². The van der Waals surface area contributed by atoms with Gasteiger partial charge in [-0.1, -0.05) is 45.9 Å². The van der Waals surface area contributed by atoms with Gasteiger partial charge in [-0.2, -0.15) is 0 Å². The average Bonchev–Trinajstić information content (AvgIpc) is 2.77. The minimum Gasteiger partial charge on any atom is -0.459 e. The van der Waals surface area contributed by atoms with Crippen molar-refractivity contribution in [2.45, 2.75) is 40.2 Å². The Morgan fingerprint density at radius 2 is 1.89 bits per heavy atom. The third kappa shape index (κ3) is 3.19.